The lowest BCUT2D eigenvalue weighted by molar-refractivity contribution is 0.407. The highest BCUT2D eigenvalue weighted by atomic mass is 32.2. The van der Waals surface area contributed by atoms with Crippen molar-refractivity contribution in [2.24, 2.45) is 5.73 Å². The molecule has 1 aromatic carbocycles. The van der Waals surface area contributed by atoms with Gasteiger partial charge in [-0.2, -0.15) is 0 Å². The Bertz CT molecular complexity index is 500. The van der Waals surface area contributed by atoms with Gasteiger partial charge in [-0.15, -0.1) is 11.3 Å². The van der Waals surface area contributed by atoms with Gasteiger partial charge in [0.15, 0.2) is 0 Å². The number of benzene rings is 1. The summed E-state index contributed by atoms with van der Waals surface area (Å²) in [7, 11) is 1.68. The summed E-state index contributed by atoms with van der Waals surface area (Å²) >= 11 is 3.32. The second-order valence-corrected chi connectivity index (χ2v) is 6.12. The molecular weight excluding hydrogens is 264 g/mol. The third-order valence-electron chi connectivity index (χ3n) is 2.58. The van der Waals surface area contributed by atoms with E-state index in [1.807, 2.05) is 23.7 Å². The molecule has 0 aliphatic carbocycles. The molecule has 0 aliphatic rings. The predicted octanol–water partition coefficient (Wildman–Crippen LogP) is 3.25. The zero-order valence-corrected chi connectivity index (χ0v) is 12.1. The fourth-order valence-corrected chi connectivity index (χ4v) is 3.32. The number of aryl methyl sites for hydroxylation is 1. The van der Waals surface area contributed by atoms with Gasteiger partial charge in [0.25, 0.3) is 0 Å². The molecular formula is C13H16N2OS2. The molecule has 1 unspecified atom stereocenters. The van der Waals surface area contributed by atoms with Gasteiger partial charge in [-0.3, -0.25) is 0 Å². The third kappa shape index (κ3) is 3.25. The second-order valence-electron chi connectivity index (χ2n) is 3.96. The van der Waals surface area contributed by atoms with Crippen molar-refractivity contribution < 1.29 is 4.74 Å². The maximum Gasteiger partial charge on any atom is 0.149 e. The molecule has 3 nitrogen and oxygen atoms in total. The van der Waals surface area contributed by atoms with Gasteiger partial charge in [0.1, 0.15) is 10.1 Å². The van der Waals surface area contributed by atoms with Gasteiger partial charge < -0.3 is 10.5 Å². The van der Waals surface area contributed by atoms with Crippen LogP contribution in [0.4, 0.5) is 0 Å². The van der Waals surface area contributed by atoms with Gasteiger partial charge in [0.05, 0.1) is 7.11 Å². The molecule has 0 aliphatic heterocycles. The molecule has 1 heterocycles. The number of hydrogen-bond donors (Lipinski definition) is 1. The van der Waals surface area contributed by atoms with E-state index in [4.69, 9.17) is 10.5 Å². The zero-order chi connectivity index (χ0) is 13.0. The first-order chi connectivity index (χ1) is 8.70. The van der Waals surface area contributed by atoms with Crippen LogP contribution in [0.2, 0.25) is 0 Å². The Kier molecular flexibility index (Phi) is 4.63. The second kappa shape index (κ2) is 6.22. The van der Waals surface area contributed by atoms with Crippen molar-refractivity contribution in [1.29, 1.82) is 0 Å². The Morgan fingerprint density at radius 3 is 3.00 bits per heavy atom. The lowest BCUT2D eigenvalue weighted by Gasteiger charge is -2.15. The van der Waals surface area contributed by atoms with Crippen LogP contribution in [-0.4, -0.2) is 17.8 Å². The molecule has 0 saturated heterocycles. The van der Waals surface area contributed by atoms with Crippen LogP contribution in [0.25, 0.3) is 0 Å². The highest BCUT2D eigenvalue weighted by Gasteiger charge is 2.13. The number of nitrogens with zero attached hydrogens (tertiary/aromatic N) is 1. The van der Waals surface area contributed by atoms with E-state index >= 15 is 0 Å². The Labute approximate surface area is 115 Å². The molecule has 5 heteroatoms. The average molecular weight is 280 g/mol. The van der Waals surface area contributed by atoms with Gasteiger partial charge in [-0.25, -0.2) is 4.98 Å². The number of rotatable bonds is 5. The fourth-order valence-electron chi connectivity index (χ4n) is 1.68. The molecule has 2 aromatic rings. The monoisotopic (exact) mass is 280 g/mol. The Hall–Kier alpha value is -1.04. The van der Waals surface area contributed by atoms with E-state index in [1.54, 1.807) is 30.2 Å². The average Bonchev–Trinajstić information content (AvgIpc) is 2.89. The van der Waals surface area contributed by atoms with Crippen molar-refractivity contribution >= 4 is 23.1 Å². The van der Waals surface area contributed by atoms with Crippen molar-refractivity contribution in [3.8, 4) is 5.75 Å². The number of ether oxygens (including phenoxy) is 1. The summed E-state index contributed by atoms with van der Waals surface area (Å²) in [6, 6.07) is 6.04. The zero-order valence-electron chi connectivity index (χ0n) is 10.4. The van der Waals surface area contributed by atoms with Gasteiger partial charge in [0.2, 0.25) is 0 Å². The first-order valence-corrected chi connectivity index (χ1v) is 7.49. The molecule has 0 amide bonds. The molecule has 18 heavy (non-hydrogen) atoms. The number of hydrogen-bond acceptors (Lipinski definition) is 5. The first-order valence-electron chi connectivity index (χ1n) is 5.63. The molecule has 2 rings (SSSR count). The minimum Gasteiger partial charge on any atom is -0.496 e. The molecule has 96 valence electrons. The maximum absolute atomic E-state index is 6.23. The van der Waals surface area contributed by atoms with Crippen LogP contribution in [0.5, 0.6) is 5.75 Å². The highest BCUT2D eigenvalue weighted by Crippen LogP contribution is 2.30. The minimum atomic E-state index is -0.0475. The molecule has 1 aromatic heterocycles. The summed E-state index contributed by atoms with van der Waals surface area (Å²) in [4.78, 5) is 4.24. The van der Waals surface area contributed by atoms with Gasteiger partial charge in [0, 0.05) is 28.9 Å². The SMILES string of the molecule is COc1ccc(C)cc1C(N)CSc1nccs1. The molecule has 0 bridgehead atoms. The number of nitrogens with two attached hydrogens (primary N) is 1. The van der Waals surface area contributed by atoms with Crippen molar-refractivity contribution in [2.75, 3.05) is 12.9 Å². The predicted molar refractivity (Wildman–Crippen MR) is 77.5 cm³/mol. The van der Waals surface area contributed by atoms with Gasteiger partial charge in [-0.1, -0.05) is 29.5 Å². The van der Waals surface area contributed by atoms with E-state index in [2.05, 4.69) is 18.0 Å². The summed E-state index contributed by atoms with van der Waals surface area (Å²) in [5.74, 6) is 1.65. The maximum atomic E-state index is 6.23. The minimum absolute atomic E-state index is 0.0475. The van der Waals surface area contributed by atoms with E-state index in [0.29, 0.717) is 0 Å². The van der Waals surface area contributed by atoms with E-state index in [0.717, 1.165) is 21.4 Å². The fraction of sp³-hybridized carbons (Fsp3) is 0.308. The quantitative estimate of drug-likeness (QED) is 0.854. The smallest absolute Gasteiger partial charge is 0.149 e. The number of methoxy groups -OCH3 is 1. The molecule has 1 atom stereocenters. The Morgan fingerprint density at radius 1 is 1.50 bits per heavy atom. The Balaban J connectivity index is 2.08. The van der Waals surface area contributed by atoms with E-state index in [1.165, 1.54) is 5.56 Å². The third-order valence-corrected chi connectivity index (χ3v) is 4.67. The summed E-state index contributed by atoms with van der Waals surface area (Å²) in [6.07, 6.45) is 1.81. The van der Waals surface area contributed by atoms with Crippen LogP contribution in [0, 0.1) is 6.92 Å². The van der Waals surface area contributed by atoms with Crippen LogP contribution >= 0.6 is 23.1 Å². The van der Waals surface area contributed by atoms with Crippen molar-refractivity contribution in [1.82, 2.24) is 4.98 Å². The molecule has 2 N–H and O–H groups in total. The number of thioether (sulfide) groups is 1. The van der Waals surface area contributed by atoms with Crippen LogP contribution in [-0.2, 0) is 0 Å². The molecule has 0 radical (unpaired) electrons. The lowest BCUT2D eigenvalue weighted by atomic mass is 10.1. The normalized spacial score (nSPS) is 12.4. The standard InChI is InChI=1S/C13H16N2OS2/c1-9-3-4-12(16-2)10(7-9)11(14)8-18-13-15-5-6-17-13/h3-7,11H,8,14H2,1-2H3. The number of aromatic nitrogens is 1. The lowest BCUT2D eigenvalue weighted by Crippen LogP contribution is -2.14. The molecule has 0 spiro atoms. The summed E-state index contributed by atoms with van der Waals surface area (Å²) in [6.45, 7) is 2.06. The van der Waals surface area contributed by atoms with Crippen molar-refractivity contribution in [3.63, 3.8) is 0 Å². The topological polar surface area (TPSA) is 48.1 Å². The van der Waals surface area contributed by atoms with E-state index < -0.39 is 0 Å². The van der Waals surface area contributed by atoms with E-state index in [9.17, 15) is 0 Å². The summed E-state index contributed by atoms with van der Waals surface area (Å²) < 4.78 is 6.41. The van der Waals surface area contributed by atoms with Crippen LogP contribution < -0.4 is 10.5 Å². The Morgan fingerprint density at radius 2 is 2.33 bits per heavy atom. The highest BCUT2D eigenvalue weighted by molar-refractivity contribution is 8.01. The molecule has 0 fully saturated rings. The molecule has 0 saturated carbocycles. The van der Waals surface area contributed by atoms with Crippen LogP contribution in [0.3, 0.4) is 0 Å². The number of thiazole rings is 1. The van der Waals surface area contributed by atoms with Gasteiger partial charge in [-0.05, 0) is 13.0 Å². The summed E-state index contributed by atoms with van der Waals surface area (Å²) in [5, 5.41) is 1.97. The van der Waals surface area contributed by atoms with Crippen molar-refractivity contribution in [2.45, 2.75) is 17.3 Å². The van der Waals surface area contributed by atoms with Crippen molar-refractivity contribution in [3.05, 3.63) is 40.9 Å². The van der Waals surface area contributed by atoms with E-state index in [-0.39, 0.29) is 6.04 Å². The van der Waals surface area contributed by atoms with Crippen LogP contribution in [0.15, 0.2) is 34.1 Å². The summed E-state index contributed by atoms with van der Waals surface area (Å²) in [5.41, 5.74) is 8.48. The van der Waals surface area contributed by atoms with Gasteiger partial charge >= 0.3 is 0 Å². The van der Waals surface area contributed by atoms with Crippen LogP contribution in [0.1, 0.15) is 17.2 Å². The first kappa shape index (κ1) is 13.4. The largest absolute Gasteiger partial charge is 0.496 e.